The van der Waals surface area contributed by atoms with E-state index < -0.39 is 0 Å². The molecule has 104 valence electrons. The van der Waals surface area contributed by atoms with Gasteiger partial charge in [-0.05, 0) is 31.2 Å². The molecule has 2 aromatic heterocycles. The largest absolute Gasteiger partial charge is 0.497 e. The first-order chi connectivity index (χ1) is 9.19. The molecule has 0 aliphatic heterocycles. The van der Waals surface area contributed by atoms with E-state index in [1.807, 2.05) is 24.3 Å². The third-order valence-electron chi connectivity index (χ3n) is 3.04. The molecular weight excluding hydrogens is 278 g/mol. The number of aryl methyl sites for hydroxylation is 1. The molecule has 0 bridgehead atoms. The predicted molar refractivity (Wildman–Crippen MR) is 78.6 cm³/mol. The highest BCUT2D eigenvalue weighted by Gasteiger charge is 2.09. The molecule has 6 heteroatoms. The number of nitrogens with zero attached hydrogens (tertiary/aromatic N) is 3. The second-order valence-electron chi connectivity index (χ2n) is 4.25. The molecule has 0 atom stereocenters. The van der Waals surface area contributed by atoms with Crippen molar-refractivity contribution in [3.63, 3.8) is 0 Å². The molecule has 0 fully saturated rings. The van der Waals surface area contributed by atoms with Crippen LogP contribution >= 0.6 is 12.4 Å². The standard InChI is InChI=1S/C14H13N3O2.ClH/c1-9-14(18)17-8-12(15-7-13(17)16-9)10-3-5-11(19-2)6-4-10;/h3-8,18H,1-2H3;1H. The molecule has 0 amide bonds. The van der Waals surface area contributed by atoms with Crippen molar-refractivity contribution in [2.75, 3.05) is 7.11 Å². The van der Waals surface area contributed by atoms with Crippen LogP contribution in [0.4, 0.5) is 0 Å². The van der Waals surface area contributed by atoms with Crippen LogP contribution in [0.3, 0.4) is 0 Å². The Bertz CT molecular complexity index is 738. The summed E-state index contributed by atoms with van der Waals surface area (Å²) in [5, 5.41) is 9.90. The first-order valence-electron chi connectivity index (χ1n) is 5.87. The van der Waals surface area contributed by atoms with Crippen molar-refractivity contribution in [1.82, 2.24) is 14.4 Å². The number of fused-ring (bicyclic) bond motifs is 1. The minimum atomic E-state index is 0. The molecule has 5 nitrogen and oxygen atoms in total. The van der Waals surface area contributed by atoms with Gasteiger partial charge in [-0.15, -0.1) is 12.4 Å². The van der Waals surface area contributed by atoms with Crippen molar-refractivity contribution >= 4 is 18.1 Å². The van der Waals surface area contributed by atoms with Gasteiger partial charge in [0.05, 0.1) is 19.0 Å². The van der Waals surface area contributed by atoms with Gasteiger partial charge in [0, 0.05) is 11.8 Å². The number of imidazole rings is 1. The second-order valence-corrected chi connectivity index (χ2v) is 4.25. The number of benzene rings is 1. The van der Waals surface area contributed by atoms with Gasteiger partial charge in [-0.3, -0.25) is 9.38 Å². The summed E-state index contributed by atoms with van der Waals surface area (Å²) in [5.74, 6) is 0.943. The van der Waals surface area contributed by atoms with Crippen LogP contribution in [0.2, 0.25) is 0 Å². The fraction of sp³-hybridized carbons (Fsp3) is 0.143. The van der Waals surface area contributed by atoms with E-state index in [1.165, 1.54) is 0 Å². The maximum atomic E-state index is 9.90. The Kier molecular flexibility index (Phi) is 3.81. The smallest absolute Gasteiger partial charge is 0.219 e. The molecule has 20 heavy (non-hydrogen) atoms. The average Bonchev–Trinajstić information content (AvgIpc) is 2.74. The van der Waals surface area contributed by atoms with Crippen LogP contribution < -0.4 is 4.74 Å². The highest BCUT2D eigenvalue weighted by molar-refractivity contribution is 5.85. The van der Waals surface area contributed by atoms with Crippen LogP contribution in [0.15, 0.2) is 36.7 Å². The third kappa shape index (κ3) is 2.28. The normalized spacial score (nSPS) is 10.3. The highest BCUT2D eigenvalue weighted by Crippen LogP contribution is 2.23. The first kappa shape index (κ1) is 14.1. The number of rotatable bonds is 2. The molecule has 0 spiro atoms. The van der Waals surface area contributed by atoms with Crippen molar-refractivity contribution < 1.29 is 9.84 Å². The zero-order chi connectivity index (χ0) is 13.4. The van der Waals surface area contributed by atoms with Crippen molar-refractivity contribution in [3.8, 4) is 22.9 Å². The van der Waals surface area contributed by atoms with E-state index in [1.54, 1.807) is 30.8 Å². The lowest BCUT2D eigenvalue weighted by atomic mass is 10.1. The topological polar surface area (TPSA) is 59.7 Å². The van der Waals surface area contributed by atoms with Gasteiger partial charge in [-0.25, -0.2) is 4.98 Å². The quantitative estimate of drug-likeness (QED) is 0.789. The zero-order valence-corrected chi connectivity index (χ0v) is 11.9. The van der Waals surface area contributed by atoms with Gasteiger partial charge in [-0.2, -0.15) is 0 Å². The lowest BCUT2D eigenvalue weighted by Crippen LogP contribution is -1.90. The van der Waals surface area contributed by atoms with Crippen molar-refractivity contribution in [2.24, 2.45) is 0 Å². The minimum Gasteiger partial charge on any atom is -0.497 e. The molecule has 1 aromatic carbocycles. The lowest BCUT2D eigenvalue weighted by molar-refractivity contribution is 0.415. The van der Waals surface area contributed by atoms with E-state index >= 15 is 0 Å². The van der Waals surface area contributed by atoms with Gasteiger partial charge < -0.3 is 9.84 Å². The number of aromatic hydroxyl groups is 1. The monoisotopic (exact) mass is 291 g/mol. The van der Waals surface area contributed by atoms with Crippen LogP contribution in [0.5, 0.6) is 11.6 Å². The summed E-state index contributed by atoms with van der Waals surface area (Å²) in [6.45, 7) is 1.76. The van der Waals surface area contributed by atoms with Crippen molar-refractivity contribution in [2.45, 2.75) is 6.92 Å². The molecular formula is C14H14ClN3O2. The van der Waals surface area contributed by atoms with Gasteiger partial charge in [0.15, 0.2) is 5.65 Å². The second kappa shape index (κ2) is 5.38. The Labute approximate surface area is 122 Å². The van der Waals surface area contributed by atoms with Crippen LogP contribution in [0.1, 0.15) is 5.69 Å². The summed E-state index contributed by atoms with van der Waals surface area (Å²) in [5.41, 5.74) is 2.94. The summed E-state index contributed by atoms with van der Waals surface area (Å²) >= 11 is 0. The van der Waals surface area contributed by atoms with E-state index in [0.29, 0.717) is 11.3 Å². The van der Waals surface area contributed by atoms with Crippen LogP contribution in [0.25, 0.3) is 16.9 Å². The summed E-state index contributed by atoms with van der Waals surface area (Å²) in [4.78, 5) is 8.56. The Morgan fingerprint density at radius 2 is 1.90 bits per heavy atom. The summed E-state index contributed by atoms with van der Waals surface area (Å²) < 4.78 is 6.75. The van der Waals surface area contributed by atoms with Crippen molar-refractivity contribution in [3.05, 3.63) is 42.4 Å². The Morgan fingerprint density at radius 3 is 2.55 bits per heavy atom. The van der Waals surface area contributed by atoms with E-state index in [9.17, 15) is 5.11 Å². The summed E-state index contributed by atoms with van der Waals surface area (Å²) in [6, 6.07) is 7.60. The number of methoxy groups -OCH3 is 1. The van der Waals surface area contributed by atoms with Gasteiger partial charge in [-0.1, -0.05) is 0 Å². The molecule has 3 aromatic rings. The van der Waals surface area contributed by atoms with Gasteiger partial charge in [0.2, 0.25) is 5.88 Å². The van der Waals surface area contributed by atoms with Crippen LogP contribution in [0, 0.1) is 6.92 Å². The molecule has 1 N–H and O–H groups in total. The van der Waals surface area contributed by atoms with E-state index in [4.69, 9.17) is 4.74 Å². The van der Waals surface area contributed by atoms with E-state index in [0.717, 1.165) is 17.0 Å². The summed E-state index contributed by atoms with van der Waals surface area (Å²) in [6.07, 6.45) is 3.42. The molecule has 0 radical (unpaired) electrons. The van der Waals surface area contributed by atoms with Gasteiger partial charge in [0.25, 0.3) is 0 Å². The molecule has 0 unspecified atom stereocenters. The van der Waals surface area contributed by atoms with Gasteiger partial charge >= 0.3 is 0 Å². The Balaban J connectivity index is 0.00000147. The maximum Gasteiger partial charge on any atom is 0.219 e. The minimum absolute atomic E-state index is 0. The molecule has 0 aliphatic carbocycles. The van der Waals surface area contributed by atoms with Gasteiger partial charge in [0.1, 0.15) is 11.4 Å². The van der Waals surface area contributed by atoms with Crippen LogP contribution in [-0.4, -0.2) is 26.6 Å². The van der Waals surface area contributed by atoms with E-state index in [-0.39, 0.29) is 18.3 Å². The molecule has 0 saturated carbocycles. The summed E-state index contributed by atoms with van der Waals surface area (Å²) in [7, 11) is 1.63. The number of hydrogen-bond acceptors (Lipinski definition) is 4. The Hall–Kier alpha value is -2.27. The molecule has 2 heterocycles. The van der Waals surface area contributed by atoms with E-state index in [2.05, 4.69) is 9.97 Å². The third-order valence-corrected chi connectivity index (χ3v) is 3.04. The number of aromatic nitrogens is 3. The maximum absolute atomic E-state index is 9.90. The predicted octanol–water partition coefficient (Wildman–Crippen LogP) is 2.84. The number of halogens is 1. The number of hydrogen-bond donors (Lipinski definition) is 1. The molecule has 0 aliphatic rings. The zero-order valence-electron chi connectivity index (χ0n) is 11.1. The van der Waals surface area contributed by atoms with Crippen molar-refractivity contribution in [1.29, 1.82) is 0 Å². The highest BCUT2D eigenvalue weighted by atomic mass is 35.5. The fourth-order valence-corrected chi connectivity index (χ4v) is 1.97. The fourth-order valence-electron chi connectivity index (χ4n) is 1.97. The Morgan fingerprint density at radius 1 is 1.20 bits per heavy atom. The average molecular weight is 292 g/mol. The molecule has 0 saturated heterocycles. The number of ether oxygens (including phenoxy) is 1. The first-order valence-corrected chi connectivity index (χ1v) is 5.87. The van der Waals surface area contributed by atoms with Crippen LogP contribution in [-0.2, 0) is 0 Å². The lowest BCUT2D eigenvalue weighted by Gasteiger charge is -2.04. The SMILES string of the molecule is COc1ccc(-c2cn3c(O)c(C)nc3cn2)cc1.Cl. The molecule has 3 rings (SSSR count).